The Morgan fingerprint density at radius 2 is 1.88 bits per heavy atom. The second kappa shape index (κ2) is 13.0. The van der Waals surface area contributed by atoms with Crippen molar-refractivity contribution in [2.45, 2.75) is 67.9 Å². The van der Waals surface area contributed by atoms with Crippen LogP contribution in [-0.2, 0) is 19.6 Å². The van der Waals surface area contributed by atoms with Crippen LogP contribution in [0.1, 0.15) is 44.9 Å². The zero-order valence-corrected chi connectivity index (χ0v) is 28.4. The molecule has 2 N–H and O–H groups in total. The number of nitrogens with zero attached hydrogens (tertiary/aromatic N) is 3. The predicted octanol–water partition coefficient (Wildman–Crippen LogP) is 4.01. The van der Waals surface area contributed by atoms with Crippen LogP contribution in [0.3, 0.4) is 0 Å². The summed E-state index contributed by atoms with van der Waals surface area (Å²) in [5, 5.41) is 3.93. The maximum atomic E-state index is 14.1. The number of nitrogens with one attached hydrogen (secondary N) is 2. The maximum absolute atomic E-state index is 14.1. The second-order valence-corrected chi connectivity index (χ2v) is 15.4. The van der Waals surface area contributed by atoms with Crippen LogP contribution < -0.4 is 19.5 Å². The first kappa shape index (κ1) is 32.9. The number of benzene rings is 2. The molecule has 12 nitrogen and oxygen atoms in total. The highest BCUT2D eigenvalue weighted by Gasteiger charge is 2.62. The number of pyridine rings is 1. The predicted molar refractivity (Wildman–Crippen MR) is 183 cm³/mol. The number of allylic oxidation sites excluding steroid dienone is 1. The summed E-state index contributed by atoms with van der Waals surface area (Å²) >= 11 is 0. The molecule has 0 spiro atoms. The highest BCUT2D eigenvalue weighted by Crippen LogP contribution is 2.46. The van der Waals surface area contributed by atoms with Crippen molar-refractivity contribution in [3.8, 4) is 22.9 Å². The summed E-state index contributed by atoms with van der Waals surface area (Å²) in [6, 6.07) is 16.0. The van der Waals surface area contributed by atoms with Crippen molar-refractivity contribution >= 4 is 38.6 Å². The fraction of sp³-hybridized carbons (Fsp3) is 0.444. The smallest absolute Gasteiger partial charge is 0.320 e. The van der Waals surface area contributed by atoms with Crippen LogP contribution in [0.5, 0.6) is 11.6 Å². The topological polar surface area (TPSA) is 147 Å². The van der Waals surface area contributed by atoms with E-state index in [9.17, 15) is 22.8 Å². The number of carbonyl (C=O) groups is 3. The van der Waals surface area contributed by atoms with Crippen LogP contribution in [-0.4, -0.2) is 91.2 Å². The van der Waals surface area contributed by atoms with Gasteiger partial charge in [-0.3, -0.25) is 14.3 Å². The number of ether oxygens (including phenoxy) is 2. The van der Waals surface area contributed by atoms with Crippen molar-refractivity contribution < 1.29 is 32.3 Å². The SMILES string of the molecule is COc1ccc2c(OC3CC4C(=O)NC5(C(=O)NS(=O)(=O)C6CC6)CC5/C=C\CCCCN(C)C(=O)N4C3)nc(-c3ccccc3)cc2c1. The number of sulfonamides is 1. The summed E-state index contributed by atoms with van der Waals surface area (Å²) in [7, 11) is -0.508. The molecule has 4 unspecified atom stereocenters. The van der Waals surface area contributed by atoms with Gasteiger partial charge in [0.25, 0.3) is 5.91 Å². The Kier molecular flexibility index (Phi) is 8.72. The lowest BCUT2D eigenvalue weighted by atomic mass is 10.1. The van der Waals surface area contributed by atoms with E-state index in [0.29, 0.717) is 36.7 Å². The molecule has 4 aliphatic rings. The molecule has 1 aromatic heterocycles. The standard InChI is InChI=1S/C36H41N5O7S/c1-40-17-9-4-3-8-12-25-21-36(25,34(43)39-49(45,46)28-14-15-28)38-32(42)31-20-27(22-41(31)35(40)44)48-33-29-16-13-26(47-2)18-24(29)19-30(37-33)23-10-6-5-7-11-23/h5-8,10-13,16,18-19,25,27-28,31H,3-4,9,14-15,17,20-22H2,1-2H3,(H,38,42)(H,39,43)/b12-8-. The van der Waals surface area contributed by atoms with E-state index < -0.39 is 44.8 Å². The number of hydrogen-bond donors (Lipinski definition) is 2. The molecule has 2 aliphatic heterocycles. The monoisotopic (exact) mass is 687 g/mol. The molecule has 4 atom stereocenters. The quantitative estimate of drug-likeness (QED) is 0.355. The number of fused-ring (bicyclic) bond motifs is 3. The molecular formula is C36H41N5O7S. The van der Waals surface area contributed by atoms with E-state index in [1.165, 1.54) is 4.90 Å². The molecule has 0 radical (unpaired) electrons. The number of urea groups is 1. The molecule has 13 heteroatoms. The summed E-state index contributed by atoms with van der Waals surface area (Å²) in [6.45, 7) is 0.639. The molecular weight excluding hydrogens is 646 g/mol. The number of carbonyl (C=O) groups excluding carboxylic acids is 3. The average Bonchev–Trinajstić information content (AvgIpc) is 4.02. The van der Waals surface area contributed by atoms with Crippen LogP contribution in [0.4, 0.5) is 4.79 Å². The zero-order valence-electron chi connectivity index (χ0n) is 27.6. The number of methoxy groups -OCH3 is 1. The number of amides is 4. The fourth-order valence-corrected chi connectivity index (χ4v) is 8.20. The molecule has 2 aliphatic carbocycles. The van der Waals surface area contributed by atoms with Crippen LogP contribution in [0.15, 0.2) is 66.7 Å². The third-order valence-electron chi connectivity index (χ3n) is 9.94. The van der Waals surface area contributed by atoms with Gasteiger partial charge in [-0.2, -0.15) is 0 Å². The Balaban J connectivity index is 1.19. The third kappa shape index (κ3) is 6.68. The molecule has 3 fully saturated rings. The number of aromatic nitrogens is 1. The minimum Gasteiger partial charge on any atom is -0.497 e. The van der Waals surface area contributed by atoms with Gasteiger partial charge in [-0.1, -0.05) is 42.5 Å². The first-order valence-electron chi connectivity index (χ1n) is 16.9. The fourth-order valence-electron chi connectivity index (χ4n) is 6.83. The van der Waals surface area contributed by atoms with Crippen LogP contribution in [0.2, 0.25) is 0 Å². The second-order valence-electron chi connectivity index (χ2n) is 13.5. The van der Waals surface area contributed by atoms with Crippen molar-refractivity contribution in [3.05, 3.63) is 66.7 Å². The molecule has 1 saturated heterocycles. The van der Waals surface area contributed by atoms with E-state index >= 15 is 0 Å². The summed E-state index contributed by atoms with van der Waals surface area (Å²) in [5.74, 6) is -0.576. The van der Waals surface area contributed by atoms with E-state index in [0.717, 1.165) is 35.6 Å². The van der Waals surface area contributed by atoms with E-state index in [-0.39, 0.29) is 31.3 Å². The highest BCUT2D eigenvalue weighted by molar-refractivity contribution is 7.91. The van der Waals surface area contributed by atoms with Crippen molar-refractivity contribution in [3.63, 3.8) is 0 Å². The molecule has 3 aromatic rings. The number of hydrogen-bond acceptors (Lipinski definition) is 8. The lowest BCUT2D eigenvalue weighted by Gasteiger charge is -2.30. The molecule has 2 saturated carbocycles. The summed E-state index contributed by atoms with van der Waals surface area (Å²) in [5.41, 5.74) is 0.181. The van der Waals surface area contributed by atoms with Crippen molar-refractivity contribution in [1.82, 2.24) is 24.8 Å². The van der Waals surface area contributed by atoms with Gasteiger partial charge in [0.1, 0.15) is 23.4 Å². The van der Waals surface area contributed by atoms with Crippen molar-refractivity contribution in [2.24, 2.45) is 5.92 Å². The third-order valence-corrected chi connectivity index (χ3v) is 11.8. The van der Waals surface area contributed by atoms with E-state index in [4.69, 9.17) is 14.5 Å². The van der Waals surface area contributed by atoms with Crippen molar-refractivity contribution in [1.29, 1.82) is 0 Å². The summed E-state index contributed by atoms with van der Waals surface area (Å²) < 4.78 is 39.7. The zero-order chi connectivity index (χ0) is 34.3. The Bertz CT molecular complexity index is 1920. The summed E-state index contributed by atoms with van der Waals surface area (Å²) in [6.07, 6.45) is 7.04. The van der Waals surface area contributed by atoms with Gasteiger partial charge in [0.15, 0.2) is 0 Å². The van der Waals surface area contributed by atoms with Gasteiger partial charge in [0.2, 0.25) is 21.8 Å². The highest BCUT2D eigenvalue weighted by atomic mass is 32.2. The van der Waals surface area contributed by atoms with Gasteiger partial charge in [-0.05, 0) is 68.2 Å². The molecule has 3 heterocycles. The molecule has 4 amide bonds. The molecule has 7 rings (SSSR count). The molecule has 49 heavy (non-hydrogen) atoms. The van der Waals surface area contributed by atoms with E-state index in [2.05, 4.69) is 10.0 Å². The van der Waals surface area contributed by atoms with Crippen LogP contribution in [0, 0.1) is 5.92 Å². The lowest BCUT2D eigenvalue weighted by molar-refractivity contribution is -0.131. The molecule has 2 aromatic carbocycles. The summed E-state index contributed by atoms with van der Waals surface area (Å²) in [4.78, 5) is 49.5. The molecule has 258 valence electrons. The van der Waals surface area contributed by atoms with Gasteiger partial charge in [-0.15, -0.1) is 0 Å². The normalized spacial score (nSPS) is 26.6. The Hall–Kier alpha value is -4.65. The Labute approximate surface area is 285 Å². The first-order chi connectivity index (χ1) is 23.6. The maximum Gasteiger partial charge on any atom is 0.320 e. The van der Waals surface area contributed by atoms with Gasteiger partial charge >= 0.3 is 6.03 Å². The van der Waals surface area contributed by atoms with Gasteiger partial charge in [-0.25, -0.2) is 18.2 Å². The van der Waals surface area contributed by atoms with Crippen LogP contribution in [0.25, 0.3) is 22.0 Å². The van der Waals surface area contributed by atoms with Gasteiger partial charge < -0.3 is 24.6 Å². The molecule has 0 bridgehead atoms. The number of rotatable bonds is 7. The Morgan fingerprint density at radius 3 is 2.63 bits per heavy atom. The first-order valence-corrected chi connectivity index (χ1v) is 18.4. The minimum absolute atomic E-state index is 0.120. The Morgan fingerprint density at radius 1 is 1.08 bits per heavy atom. The minimum atomic E-state index is -3.83. The average molecular weight is 688 g/mol. The van der Waals surface area contributed by atoms with Crippen LogP contribution >= 0.6 is 0 Å². The van der Waals surface area contributed by atoms with E-state index in [1.807, 2.05) is 66.7 Å². The van der Waals surface area contributed by atoms with Crippen molar-refractivity contribution in [2.75, 3.05) is 27.2 Å². The van der Waals surface area contributed by atoms with Gasteiger partial charge in [0.05, 0.1) is 24.6 Å². The van der Waals surface area contributed by atoms with E-state index in [1.54, 1.807) is 19.1 Å². The lowest BCUT2D eigenvalue weighted by Crippen LogP contribution is -2.57. The van der Waals surface area contributed by atoms with Gasteiger partial charge in [0, 0.05) is 36.9 Å². The largest absolute Gasteiger partial charge is 0.497 e.